The number of rotatable bonds is 6. The van der Waals surface area contributed by atoms with Gasteiger partial charge in [-0.2, -0.15) is 0 Å². The molecule has 4 rings (SSSR count). The highest BCUT2D eigenvalue weighted by molar-refractivity contribution is 7.99. The number of hydrogen-bond donors (Lipinski definition) is 3. The summed E-state index contributed by atoms with van der Waals surface area (Å²) in [6.45, 7) is 4.19. The number of nitrogens with one attached hydrogen (secondary N) is 3. The van der Waals surface area contributed by atoms with Crippen LogP contribution in [-0.4, -0.2) is 25.4 Å². The maximum absolute atomic E-state index is 12.4. The van der Waals surface area contributed by atoms with Crippen molar-refractivity contribution in [3.8, 4) is 0 Å². The first-order chi connectivity index (χ1) is 15.3. The standard InChI is InChI=1S/C23H23N5O3S/c1-13-4-7-17(12-14(13)2)32-16-8-5-15(6-9-16)24-19(29)11-10-18-25-20-21(26-18)28(3)23(31)27-22(20)30/h4-9,12H,10-11H2,1-3H3,(H,24,29)(H,25,26)(H,27,30,31). The molecule has 2 aromatic heterocycles. The minimum atomic E-state index is -0.530. The highest BCUT2D eigenvalue weighted by Crippen LogP contribution is 2.29. The Kier molecular flexibility index (Phi) is 6.00. The monoisotopic (exact) mass is 449 g/mol. The normalized spacial score (nSPS) is 11.1. The smallest absolute Gasteiger partial charge is 0.329 e. The van der Waals surface area contributed by atoms with Gasteiger partial charge in [-0.15, -0.1) is 0 Å². The number of fused-ring (bicyclic) bond motifs is 1. The molecule has 0 unspecified atom stereocenters. The summed E-state index contributed by atoms with van der Waals surface area (Å²) in [5, 5.41) is 2.87. The summed E-state index contributed by atoms with van der Waals surface area (Å²) >= 11 is 1.67. The summed E-state index contributed by atoms with van der Waals surface area (Å²) in [6, 6.07) is 14.1. The van der Waals surface area contributed by atoms with Crippen LogP contribution in [0.25, 0.3) is 11.2 Å². The van der Waals surface area contributed by atoms with Crippen LogP contribution in [0.15, 0.2) is 61.8 Å². The first-order valence-corrected chi connectivity index (χ1v) is 10.9. The molecule has 32 heavy (non-hydrogen) atoms. The number of aromatic nitrogens is 4. The Bertz CT molecular complexity index is 1420. The fraction of sp³-hybridized carbons (Fsp3) is 0.217. The summed E-state index contributed by atoms with van der Waals surface area (Å²) < 4.78 is 1.26. The molecular formula is C23H23N5O3S. The molecule has 0 aliphatic carbocycles. The number of carbonyl (C=O) groups excluding carboxylic acids is 1. The summed E-state index contributed by atoms with van der Waals surface area (Å²) in [5.74, 6) is 0.310. The molecule has 0 aliphatic heterocycles. The van der Waals surface area contributed by atoms with Gasteiger partial charge < -0.3 is 10.3 Å². The van der Waals surface area contributed by atoms with Crippen LogP contribution in [0.2, 0.25) is 0 Å². The van der Waals surface area contributed by atoms with E-state index in [0.717, 1.165) is 4.90 Å². The molecule has 1 amide bonds. The predicted molar refractivity (Wildman–Crippen MR) is 125 cm³/mol. The van der Waals surface area contributed by atoms with Crippen molar-refractivity contribution in [1.29, 1.82) is 0 Å². The largest absolute Gasteiger partial charge is 0.336 e. The van der Waals surface area contributed by atoms with E-state index in [1.165, 1.54) is 27.6 Å². The zero-order valence-electron chi connectivity index (χ0n) is 18.0. The second kappa shape index (κ2) is 8.88. The molecule has 164 valence electrons. The van der Waals surface area contributed by atoms with Gasteiger partial charge >= 0.3 is 5.69 Å². The van der Waals surface area contributed by atoms with Gasteiger partial charge in [0.2, 0.25) is 5.91 Å². The Hall–Kier alpha value is -3.59. The SMILES string of the molecule is Cc1ccc(Sc2ccc(NC(=O)CCc3nc4c([nH]3)c(=O)[nH]c(=O)n4C)cc2)cc1C. The van der Waals surface area contributed by atoms with Crippen LogP contribution in [0.5, 0.6) is 0 Å². The van der Waals surface area contributed by atoms with Crippen molar-refractivity contribution in [3.05, 3.63) is 80.3 Å². The lowest BCUT2D eigenvalue weighted by Crippen LogP contribution is -2.28. The quantitative estimate of drug-likeness (QED) is 0.418. The zero-order chi connectivity index (χ0) is 22.8. The van der Waals surface area contributed by atoms with Gasteiger partial charge in [-0.25, -0.2) is 9.78 Å². The number of hydrogen-bond acceptors (Lipinski definition) is 5. The van der Waals surface area contributed by atoms with Gasteiger partial charge in [-0.3, -0.25) is 19.1 Å². The Morgan fingerprint density at radius 3 is 2.47 bits per heavy atom. The van der Waals surface area contributed by atoms with Crippen LogP contribution in [0.1, 0.15) is 23.4 Å². The molecule has 0 spiro atoms. The number of H-pyrrole nitrogens is 2. The van der Waals surface area contributed by atoms with Gasteiger partial charge in [0.25, 0.3) is 5.56 Å². The average Bonchev–Trinajstić information content (AvgIpc) is 3.20. The fourth-order valence-electron chi connectivity index (χ4n) is 3.25. The lowest BCUT2D eigenvalue weighted by molar-refractivity contribution is -0.116. The molecule has 9 heteroatoms. The van der Waals surface area contributed by atoms with E-state index in [4.69, 9.17) is 0 Å². The summed E-state index contributed by atoms with van der Waals surface area (Å²) in [5.41, 5.74) is 2.68. The zero-order valence-corrected chi connectivity index (χ0v) is 18.8. The third-order valence-corrected chi connectivity index (χ3v) is 6.24. The molecule has 3 N–H and O–H groups in total. The highest BCUT2D eigenvalue weighted by atomic mass is 32.2. The Balaban J connectivity index is 1.36. The molecule has 0 bridgehead atoms. The summed E-state index contributed by atoms with van der Waals surface area (Å²) in [4.78, 5) is 47.6. The van der Waals surface area contributed by atoms with Crippen LogP contribution in [0.3, 0.4) is 0 Å². The number of nitrogens with zero attached hydrogens (tertiary/aromatic N) is 2. The molecule has 4 aromatic rings. The number of carbonyl (C=O) groups is 1. The van der Waals surface area contributed by atoms with Gasteiger partial charge in [-0.05, 0) is 61.4 Å². The number of benzene rings is 2. The van der Waals surface area contributed by atoms with Crippen molar-refractivity contribution in [3.63, 3.8) is 0 Å². The topological polar surface area (TPSA) is 113 Å². The summed E-state index contributed by atoms with van der Waals surface area (Å²) in [7, 11) is 1.53. The third kappa shape index (κ3) is 4.67. The maximum Gasteiger partial charge on any atom is 0.329 e. The Morgan fingerprint density at radius 1 is 1.03 bits per heavy atom. The first kappa shape index (κ1) is 21.6. The van der Waals surface area contributed by atoms with Gasteiger partial charge in [0.05, 0.1) is 0 Å². The van der Waals surface area contributed by atoms with Crippen LogP contribution in [0, 0.1) is 13.8 Å². The molecular weight excluding hydrogens is 426 g/mol. The van der Waals surface area contributed by atoms with Crippen molar-refractivity contribution in [2.24, 2.45) is 7.05 Å². The number of aryl methyl sites for hydroxylation is 4. The molecule has 2 aromatic carbocycles. The van der Waals surface area contributed by atoms with Crippen molar-refractivity contribution in [2.45, 2.75) is 36.5 Å². The van der Waals surface area contributed by atoms with Crippen molar-refractivity contribution in [1.82, 2.24) is 19.5 Å². The van der Waals surface area contributed by atoms with Gasteiger partial charge in [0.15, 0.2) is 5.65 Å². The Morgan fingerprint density at radius 2 is 1.75 bits per heavy atom. The van der Waals surface area contributed by atoms with Crippen molar-refractivity contribution in [2.75, 3.05) is 5.32 Å². The molecule has 2 heterocycles. The summed E-state index contributed by atoms with van der Waals surface area (Å²) in [6.07, 6.45) is 0.500. The van der Waals surface area contributed by atoms with Crippen LogP contribution in [-0.2, 0) is 18.3 Å². The third-order valence-electron chi connectivity index (χ3n) is 5.24. The minimum absolute atomic E-state index is 0.164. The highest BCUT2D eigenvalue weighted by Gasteiger charge is 2.12. The van der Waals surface area contributed by atoms with Crippen LogP contribution >= 0.6 is 11.8 Å². The second-order valence-corrected chi connectivity index (χ2v) is 8.77. The van der Waals surface area contributed by atoms with E-state index in [-0.39, 0.29) is 23.5 Å². The molecule has 0 atom stereocenters. The number of anilines is 1. The van der Waals surface area contributed by atoms with Crippen LogP contribution < -0.4 is 16.6 Å². The fourth-order valence-corrected chi connectivity index (χ4v) is 4.16. The molecule has 0 fully saturated rings. The molecule has 0 aliphatic rings. The van der Waals surface area contributed by atoms with Crippen molar-refractivity contribution < 1.29 is 4.79 Å². The van der Waals surface area contributed by atoms with Gasteiger partial charge in [0, 0.05) is 35.4 Å². The van der Waals surface area contributed by atoms with E-state index in [2.05, 4.69) is 52.3 Å². The molecule has 0 saturated heterocycles. The van der Waals surface area contributed by atoms with E-state index >= 15 is 0 Å². The van der Waals surface area contributed by atoms with Gasteiger partial charge in [0.1, 0.15) is 11.3 Å². The number of aromatic amines is 2. The van der Waals surface area contributed by atoms with E-state index in [9.17, 15) is 14.4 Å². The number of amides is 1. The van der Waals surface area contributed by atoms with Crippen LogP contribution in [0.4, 0.5) is 5.69 Å². The van der Waals surface area contributed by atoms with E-state index in [1.54, 1.807) is 11.8 Å². The molecule has 0 radical (unpaired) electrons. The lowest BCUT2D eigenvalue weighted by Gasteiger charge is -2.07. The molecule has 8 nitrogen and oxygen atoms in total. The average molecular weight is 450 g/mol. The molecule has 0 saturated carbocycles. The van der Waals surface area contributed by atoms with Crippen molar-refractivity contribution >= 4 is 34.5 Å². The predicted octanol–water partition coefficient (Wildman–Crippen LogP) is 3.29. The number of imidazole rings is 1. The second-order valence-electron chi connectivity index (χ2n) is 7.62. The lowest BCUT2D eigenvalue weighted by atomic mass is 10.1. The minimum Gasteiger partial charge on any atom is -0.336 e. The Labute approximate surface area is 188 Å². The van der Waals surface area contributed by atoms with E-state index in [0.29, 0.717) is 17.9 Å². The van der Waals surface area contributed by atoms with E-state index < -0.39 is 11.2 Å². The van der Waals surface area contributed by atoms with E-state index in [1.807, 2.05) is 24.3 Å². The van der Waals surface area contributed by atoms with Gasteiger partial charge in [-0.1, -0.05) is 17.8 Å². The maximum atomic E-state index is 12.4. The first-order valence-electron chi connectivity index (χ1n) is 10.1.